The van der Waals surface area contributed by atoms with E-state index in [0.717, 1.165) is 12.1 Å². The van der Waals surface area contributed by atoms with Crippen molar-refractivity contribution in [2.45, 2.75) is 9.79 Å². The van der Waals surface area contributed by atoms with Crippen LogP contribution in [0.3, 0.4) is 0 Å². The highest BCUT2D eigenvalue weighted by Crippen LogP contribution is 2.26. The normalized spacial score (nSPS) is 16.4. The van der Waals surface area contributed by atoms with Crippen LogP contribution in [0.1, 0.15) is 0 Å². The Morgan fingerprint density at radius 1 is 0.806 bits per heavy atom. The number of fused-ring (bicyclic) bond motifs is 1. The molecule has 2 aromatic carbocycles. The summed E-state index contributed by atoms with van der Waals surface area (Å²) in [5.74, 6) is 0. The number of benzene rings is 2. The molecule has 0 atom stereocenters. The Hall–Kier alpha value is -2.93. The Kier molecular flexibility index (Phi) is 5.47. The van der Waals surface area contributed by atoms with Gasteiger partial charge >= 0.3 is 0 Å². The number of piperazine rings is 1. The van der Waals surface area contributed by atoms with Crippen LogP contribution in [-0.2, 0) is 20.0 Å². The van der Waals surface area contributed by atoms with Gasteiger partial charge in [0.2, 0.25) is 20.0 Å². The predicted octanol–water partition coefficient (Wildman–Crippen LogP) is 1.84. The molecule has 162 valence electrons. The van der Waals surface area contributed by atoms with Gasteiger partial charge in [0.05, 0.1) is 15.3 Å². The zero-order valence-corrected chi connectivity index (χ0v) is 17.8. The third kappa shape index (κ3) is 3.90. The Morgan fingerprint density at radius 2 is 1.39 bits per heavy atom. The zero-order chi connectivity index (χ0) is 22.2. The average Bonchev–Trinajstić information content (AvgIpc) is 2.78. The molecule has 0 unspecified atom stereocenters. The van der Waals surface area contributed by atoms with Crippen LogP contribution in [0.4, 0.5) is 5.69 Å². The summed E-state index contributed by atoms with van der Waals surface area (Å²) in [6.07, 6.45) is 1.52. The second kappa shape index (κ2) is 7.96. The molecule has 3 aromatic rings. The third-order valence-corrected chi connectivity index (χ3v) is 8.94. The molecule has 0 N–H and O–H groups in total. The van der Waals surface area contributed by atoms with Crippen molar-refractivity contribution in [2.75, 3.05) is 26.2 Å². The number of nitro benzene ring substituents is 1. The zero-order valence-electron chi connectivity index (χ0n) is 16.2. The summed E-state index contributed by atoms with van der Waals surface area (Å²) in [5.41, 5.74) is 0.157. The molecule has 10 nitrogen and oxygen atoms in total. The fourth-order valence-electron chi connectivity index (χ4n) is 3.46. The Balaban J connectivity index is 1.54. The van der Waals surface area contributed by atoms with Crippen molar-refractivity contribution in [1.29, 1.82) is 0 Å². The van der Waals surface area contributed by atoms with E-state index in [2.05, 4.69) is 4.98 Å². The minimum absolute atomic E-state index is 0.0161. The van der Waals surface area contributed by atoms with E-state index in [1.54, 1.807) is 24.3 Å². The highest BCUT2D eigenvalue weighted by atomic mass is 32.2. The van der Waals surface area contributed by atoms with E-state index in [1.165, 1.54) is 33.0 Å². The molecule has 1 fully saturated rings. The van der Waals surface area contributed by atoms with Crippen LogP contribution in [0, 0.1) is 10.1 Å². The summed E-state index contributed by atoms with van der Waals surface area (Å²) in [6.45, 7) is -0.0942. The molecule has 31 heavy (non-hydrogen) atoms. The van der Waals surface area contributed by atoms with Gasteiger partial charge in [-0.1, -0.05) is 18.2 Å². The maximum absolute atomic E-state index is 13.2. The van der Waals surface area contributed by atoms with Crippen LogP contribution in [-0.4, -0.2) is 61.5 Å². The SMILES string of the molecule is O=[N+]([O-])c1ccc(S(=O)(=O)N2CCN(S(=O)(=O)c3cccc4cccnc34)CC2)cc1. The Morgan fingerprint density at radius 3 is 2.00 bits per heavy atom. The quantitative estimate of drug-likeness (QED) is 0.418. The number of hydrogen-bond donors (Lipinski definition) is 0. The number of pyridine rings is 1. The van der Waals surface area contributed by atoms with Crippen molar-refractivity contribution in [3.8, 4) is 0 Å². The van der Waals surface area contributed by atoms with Gasteiger partial charge in [-0.3, -0.25) is 15.1 Å². The third-order valence-electron chi connectivity index (χ3n) is 5.10. The topological polar surface area (TPSA) is 131 Å². The standard InChI is InChI=1S/C19H18N4O6S2/c24-23(25)16-6-8-17(9-7-16)30(26,27)21-11-13-22(14-12-21)31(28,29)18-5-1-3-15-4-2-10-20-19(15)18/h1-10H,11-14H2. The number of rotatable bonds is 5. The molecule has 1 aromatic heterocycles. The van der Waals surface area contributed by atoms with Gasteiger partial charge in [-0.2, -0.15) is 8.61 Å². The molecule has 0 spiro atoms. The van der Waals surface area contributed by atoms with Crippen molar-refractivity contribution in [3.05, 3.63) is 70.9 Å². The highest BCUT2D eigenvalue weighted by molar-refractivity contribution is 7.89. The number of sulfonamides is 2. The maximum Gasteiger partial charge on any atom is 0.269 e. The van der Waals surface area contributed by atoms with Gasteiger partial charge in [0.15, 0.2) is 0 Å². The van der Waals surface area contributed by atoms with Crippen LogP contribution >= 0.6 is 0 Å². The Labute approximate surface area is 179 Å². The van der Waals surface area contributed by atoms with Crippen LogP contribution in [0.2, 0.25) is 0 Å². The lowest BCUT2D eigenvalue weighted by molar-refractivity contribution is -0.384. The van der Waals surface area contributed by atoms with Gasteiger partial charge in [-0.25, -0.2) is 16.8 Å². The fourth-order valence-corrected chi connectivity index (χ4v) is 6.47. The first-order valence-electron chi connectivity index (χ1n) is 9.30. The van der Waals surface area contributed by atoms with Crippen molar-refractivity contribution in [3.63, 3.8) is 0 Å². The van der Waals surface area contributed by atoms with E-state index < -0.39 is 25.0 Å². The maximum atomic E-state index is 13.2. The van der Waals surface area contributed by atoms with Gasteiger partial charge in [0.25, 0.3) is 5.69 Å². The average molecular weight is 463 g/mol. The first-order chi connectivity index (χ1) is 14.7. The summed E-state index contributed by atoms with van der Waals surface area (Å²) in [4.78, 5) is 14.4. The summed E-state index contributed by atoms with van der Waals surface area (Å²) in [6, 6.07) is 13.0. The number of para-hydroxylation sites is 1. The van der Waals surface area contributed by atoms with Gasteiger partial charge < -0.3 is 0 Å². The summed E-state index contributed by atoms with van der Waals surface area (Å²) >= 11 is 0. The van der Waals surface area contributed by atoms with E-state index in [0.29, 0.717) is 10.9 Å². The van der Waals surface area contributed by atoms with Crippen molar-refractivity contribution >= 4 is 36.6 Å². The summed E-state index contributed by atoms with van der Waals surface area (Å²) < 4.78 is 54.5. The highest BCUT2D eigenvalue weighted by Gasteiger charge is 2.34. The van der Waals surface area contributed by atoms with Crippen LogP contribution < -0.4 is 0 Å². The van der Waals surface area contributed by atoms with E-state index in [4.69, 9.17) is 0 Å². The molecule has 4 rings (SSSR count). The first kappa shape index (κ1) is 21.3. The van der Waals surface area contributed by atoms with Gasteiger partial charge in [-0.15, -0.1) is 0 Å². The molecule has 12 heteroatoms. The molecule has 0 aliphatic carbocycles. The van der Waals surface area contributed by atoms with Crippen LogP contribution in [0.25, 0.3) is 10.9 Å². The first-order valence-corrected chi connectivity index (χ1v) is 12.2. The number of aromatic nitrogens is 1. The molecule has 1 aliphatic heterocycles. The molecule has 2 heterocycles. The minimum atomic E-state index is -3.90. The van der Waals surface area contributed by atoms with Gasteiger partial charge in [0.1, 0.15) is 4.90 Å². The molecular weight excluding hydrogens is 444 g/mol. The number of nitro groups is 1. The van der Waals surface area contributed by atoms with Crippen LogP contribution in [0.15, 0.2) is 70.6 Å². The van der Waals surface area contributed by atoms with Gasteiger partial charge in [0, 0.05) is 49.9 Å². The lowest BCUT2D eigenvalue weighted by Crippen LogP contribution is -2.50. The summed E-state index contributed by atoms with van der Waals surface area (Å²) in [5, 5.41) is 11.5. The molecule has 0 amide bonds. The fraction of sp³-hybridized carbons (Fsp3) is 0.211. The lowest BCUT2D eigenvalue weighted by Gasteiger charge is -2.33. The van der Waals surface area contributed by atoms with Gasteiger partial charge in [-0.05, 0) is 24.3 Å². The lowest BCUT2D eigenvalue weighted by atomic mass is 10.2. The minimum Gasteiger partial charge on any atom is -0.258 e. The molecule has 0 saturated carbocycles. The number of hydrogen-bond acceptors (Lipinski definition) is 7. The second-order valence-corrected chi connectivity index (χ2v) is 10.7. The van der Waals surface area contributed by atoms with Crippen molar-refractivity contribution in [2.24, 2.45) is 0 Å². The Bertz CT molecular complexity index is 1340. The monoisotopic (exact) mass is 462 g/mol. The molecule has 0 bridgehead atoms. The van der Waals surface area contributed by atoms with E-state index in [1.807, 2.05) is 0 Å². The van der Waals surface area contributed by atoms with E-state index >= 15 is 0 Å². The molecule has 1 saturated heterocycles. The molecule has 1 aliphatic rings. The van der Waals surface area contributed by atoms with Crippen molar-refractivity contribution in [1.82, 2.24) is 13.6 Å². The number of non-ortho nitro benzene ring substituents is 1. The van der Waals surface area contributed by atoms with Crippen molar-refractivity contribution < 1.29 is 21.8 Å². The molecule has 0 radical (unpaired) electrons. The van der Waals surface area contributed by atoms with Crippen LogP contribution in [0.5, 0.6) is 0 Å². The number of nitrogens with zero attached hydrogens (tertiary/aromatic N) is 4. The van der Waals surface area contributed by atoms with E-state index in [-0.39, 0.29) is 41.7 Å². The molecular formula is C19H18N4O6S2. The smallest absolute Gasteiger partial charge is 0.258 e. The predicted molar refractivity (Wildman–Crippen MR) is 112 cm³/mol. The largest absolute Gasteiger partial charge is 0.269 e. The second-order valence-electron chi connectivity index (χ2n) is 6.89. The summed E-state index contributed by atoms with van der Waals surface area (Å²) in [7, 11) is -7.76. The van der Waals surface area contributed by atoms with E-state index in [9.17, 15) is 26.9 Å².